The molecule has 0 unspecified atom stereocenters. The molecule has 0 aromatic heterocycles. The highest BCUT2D eigenvalue weighted by atomic mass is 35.5. The van der Waals surface area contributed by atoms with Crippen LogP contribution in [0.5, 0.6) is 0 Å². The monoisotopic (exact) mass is 395 g/mol. The molecule has 0 radical (unpaired) electrons. The molecular weight excluding hydrogens is 354 g/mol. The number of rotatable bonds is 17. The Labute approximate surface area is 173 Å². The molecule has 27 heavy (non-hydrogen) atoms. The van der Waals surface area contributed by atoms with E-state index in [4.69, 9.17) is 11.6 Å². The lowest BCUT2D eigenvalue weighted by molar-refractivity contribution is 0.110. The topological polar surface area (TPSA) is 23.5 Å². The van der Waals surface area contributed by atoms with Crippen LogP contribution in [0.4, 0.5) is 0 Å². The van der Waals surface area contributed by atoms with Gasteiger partial charge in [-0.25, -0.2) is 0 Å². The number of aliphatic hydroxyl groups excluding tert-OH is 1. The highest BCUT2D eigenvalue weighted by Crippen LogP contribution is 2.23. The summed E-state index contributed by atoms with van der Waals surface area (Å²) in [5, 5.41) is 11.4. The van der Waals surface area contributed by atoms with Gasteiger partial charge in [0.1, 0.15) is 0 Å². The normalized spacial score (nSPS) is 12.6. The number of nitrogens with zero attached hydrogens (tertiary/aromatic N) is 1. The van der Waals surface area contributed by atoms with Crippen molar-refractivity contribution in [2.45, 2.75) is 97.0 Å². The van der Waals surface area contributed by atoms with Crippen LogP contribution in [0.15, 0.2) is 24.3 Å². The van der Waals surface area contributed by atoms with E-state index in [1.807, 2.05) is 24.3 Å². The lowest BCUT2D eigenvalue weighted by Gasteiger charge is -2.26. The zero-order chi connectivity index (χ0) is 19.7. The molecule has 1 N–H and O–H groups in total. The molecule has 0 bridgehead atoms. The van der Waals surface area contributed by atoms with Crippen LogP contribution in [0.2, 0.25) is 5.02 Å². The van der Waals surface area contributed by atoms with Gasteiger partial charge in [0.15, 0.2) is 0 Å². The minimum atomic E-state index is -0.501. The van der Waals surface area contributed by atoms with Crippen LogP contribution in [0.25, 0.3) is 0 Å². The minimum Gasteiger partial charge on any atom is -0.387 e. The highest BCUT2D eigenvalue weighted by molar-refractivity contribution is 6.31. The fourth-order valence-electron chi connectivity index (χ4n) is 3.61. The third-order valence-corrected chi connectivity index (χ3v) is 5.70. The van der Waals surface area contributed by atoms with Crippen molar-refractivity contribution < 1.29 is 5.11 Å². The van der Waals surface area contributed by atoms with Gasteiger partial charge in [0.2, 0.25) is 0 Å². The van der Waals surface area contributed by atoms with Crippen molar-refractivity contribution in [1.82, 2.24) is 4.90 Å². The van der Waals surface area contributed by atoms with E-state index in [0.717, 1.165) is 18.7 Å². The zero-order valence-corrected chi connectivity index (χ0v) is 18.5. The molecule has 0 saturated carbocycles. The molecule has 2 nitrogen and oxygen atoms in total. The Kier molecular flexibility index (Phi) is 14.9. The molecule has 156 valence electrons. The van der Waals surface area contributed by atoms with Crippen molar-refractivity contribution in [3.05, 3.63) is 34.9 Å². The maximum absolute atomic E-state index is 10.7. The van der Waals surface area contributed by atoms with Crippen molar-refractivity contribution in [2.75, 3.05) is 19.6 Å². The van der Waals surface area contributed by atoms with Gasteiger partial charge in [-0.05, 0) is 32.0 Å². The van der Waals surface area contributed by atoms with Crippen LogP contribution in [-0.2, 0) is 0 Å². The molecule has 0 spiro atoms. The maximum Gasteiger partial charge on any atom is 0.0931 e. The van der Waals surface area contributed by atoms with Crippen LogP contribution < -0.4 is 0 Å². The summed E-state index contributed by atoms with van der Waals surface area (Å²) < 4.78 is 0. The van der Waals surface area contributed by atoms with E-state index in [2.05, 4.69) is 18.7 Å². The molecule has 1 rings (SSSR count). The Bertz CT molecular complexity index is 449. The van der Waals surface area contributed by atoms with Crippen LogP contribution in [0.3, 0.4) is 0 Å². The molecular formula is C24H42ClNO. The molecule has 0 fully saturated rings. The molecule has 0 aliphatic rings. The van der Waals surface area contributed by atoms with Crippen molar-refractivity contribution in [1.29, 1.82) is 0 Å². The molecule has 0 saturated heterocycles. The minimum absolute atomic E-state index is 0.501. The summed E-state index contributed by atoms with van der Waals surface area (Å²) in [4.78, 5) is 2.45. The van der Waals surface area contributed by atoms with Gasteiger partial charge in [0.25, 0.3) is 0 Å². The van der Waals surface area contributed by atoms with Crippen molar-refractivity contribution in [3.63, 3.8) is 0 Å². The highest BCUT2D eigenvalue weighted by Gasteiger charge is 2.15. The predicted octanol–water partition coefficient (Wildman–Crippen LogP) is 7.40. The van der Waals surface area contributed by atoms with Crippen LogP contribution >= 0.6 is 11.6 Å². The maximum atomic E-state index is 10.7. The smallest absolute Gasteiger partial charge is 0.0931 e. The zero-order valence-electron chi connectivity index (χ0n) is 17.8. The first kappa shape index (κ1) is 24.5. The number of unbranched alkanes of at least 4 members (excludes halogenated alkanes) is 10. The number of hydrogen-bond acceptors (Lipinski definition) is 2. The molecule has 0 aliphatic carbocycles. The van der Waals surface area contributed by atoms with Crippen LogP contribution in [-0.4, -0.2) is 29.6 Å². The summed E-state index contributed by atoms with van der Waals surface area (Å²) in [6, 6.07) is 7.69. The van der Waals surface area contributed by atoms with Gasteiger partial charge >= 0.3 is 0 Å². The number of aliphatic hydroxyl groups is 1. The third-order valence-electron chi connectivity index (χ3n) is 5.35. The molecule has 0 aliphatic heterocycles. The van der Waals surface area contributed by atoms with Crippen molar-refractivity contribution in [3.8, 4) is 0 Å². The summed E-state index contributed by atoms with van der Waals surface area (Å²) in [5.41, 5.74) is 0.857. The van der Waals surface area contributed by atoms with E-state index < -0.39 is 6.10 Å². The molecule has 1 atom stereocenters. The summed E-state index contributed by atoms with van der Waals surface area (Å²) in [6.07, 6.45) is 15.3. The average molecular weight is 396 g/mol. The van der Waals surface area contributed by atoms with E-state index >= 15 is 0 Å². The van der Waals surface area contributed by atoms with Gasteiger partial charge in [-0.3, -0.25) is 0 Å². The van der Waals surface area contributed by atoms with Gasteiger partial charge in [0.05, 0.1) is 6.10 Å². The van der Waals surface area contributed by atoms with Crippen molar-refractivity contribution in [2.24, 2.45) is 0 Å². The van der Waals surface area contributed by atoms with Gasteiger partial charge < -0.3 is 10.0 Å². The van der Waals surface area contributed by atoms with Crippen LogP contribution in [0, 0.1) is 0 Å². The second-order valence-electron chi connectivity index (χ2n) is 7.87. The standard InChI is InChI=1S/C24H42ClNO/c1-3-5-7-9-11-15-19-26(20-16-12-10-8-6-4-2)21-24(27)22-17-13-14-18-23(22)25/h13-14,17-18,24,27H,3-12,15-16,19-21H2,1-2H3/t24-/m1/s1. The lowest BCUT2D eigenvalue weighted by Crippen LogP contribution is -2.31. The van der Waals surface area contributed by atoms with E-state index in [0.29, 0.717) is 11.6 Å². The molecule has 3 heteroatoms. The molecule has 0 heterocycles. The summed E-state index contributed by atoms with van der Waals surface area (Å²) in [6.45, 7) is 7.38. The van der Waals surface area contributed by atoms with E-state index in [1.54, 1.807) is 0 Å². The lowest BCUT2D eigenvalue weighted by atomic mass is 10.1. The second-order valence-corrected chi connectivity index (χ2v) is 8.28. The Morgan fingerprint density at radius 1 is 0.778 bits per heavy atom. The fourth-order valence-corrected chi connectivity index (χ4v) is 3.88. The van der Waals surface area contributed by atoms with E-state index in [9.17, 15) is 5.11 Å². The SMILES string of the molecule is CCCCCCCCN(CCCCCCCC)C[C@@H](O)c1ccccc1Cl. The fraction of sp³-hybridized carbons (Fsp3) is 0.750. The van der Waals surface area contributed by atoms with E-state index in [-0.39, 0.29) is 0 Å². The van der Waals surface area contributed by atoms with Gasteiger partial charge in [-0.1, -0.05) is 108 Å². The number of hydrogen-bond donors (Lipinski definition) is 1. The summed E-state index contributed by atoms with van der Waals surface area (Å²) in [5.74, 6) is 0. The van der Waals surface area contributed by atoms with Gasteiger partial charge in [-0.2, -0.15) is 0 Å². The van der Waals surface area contributed by atoms with E-state index in [1.165, 1.54) is 77.0 Å². The van der Waals surface area contributed by atoms with Gasteiger partial charge in [-0.15, -0.1) is 0 Å². The Morgan fingerprint density at radius 3 is 1.78 bits per heavy atom. The summed E-state index contributed by atoms with van der Waals surface area (Å²) in [7, 11) is 0. The first-order valence-electron chi connectivity index (χ1n) is 11.3. The first-order chi connectivity index (χ1) is 13.2. The first-order valence-corrected chi connectivity index (χ1v) is 11.7. The molecule has 1 aromatic rings. The quantitative estimate of drug-likeness (QED) is 0.278. The Morgan fingerprint density at radius 2 is 1.26 bits per heavy atom. The van der Waals surface area contributed by atoms with Crippen LogP contribution in [0.1, 0.15) is 103 Å². The molecule has 0 amide bonds. The number of benzene rings is 1. The Balaban J connectivity index is 2.42. The Hall–Kier alpha value is -0.570. The average Bonchev–Trinajstić information content (AvgIpc) is 2.67. The number of halogens is 1. The molecule has 1 aromatic carbocycles. The van der Waals surface area contributed by atoms with Crippen molar-refractivity contribution >= 4 is 11.6 Å². The predicted molar refractivity (Wildman–Crippen MR) is 120 cm³/mol. The summed E-state index contributed by atoms with van der Waals surface area (Å²) >= 11 is 6.27. The second kappa shape index (κ2) is 16.4. The largest absolute Gasteiger partial charge is 0.387 e. The third kappa shape index (κ3) is 11.8. The van der Waals surface area contributed by atoms with Gasteiger partial charge in [0, 0.05) is 17.1 Å².